The van der Waals surface area contributed by atoms with E-state index in [-0.39, 0.29) is 13.2 Å². The van der Waals surface area contributed by atoms with Crippen molar-refractivity contribution in [3.05, 3.63) is 24.7 Å². The quantitative estimate of drug-likeness (QED) is 0.527. The van der Waals surface area contributed by atoms with E-state index in [2.05, 4.69) is 11.3 Å². The van der Waals surface area contributed by atoms with Gasteiger partial charge in [-0.25, -0.2) is 0 Å². The second-order valence-corrected chi connectivity index (χ2v) is 1.30. The van der Waals surface area contributed by atoms with E-state index in [0.29, 0.717) is 5.76 Å². The van der Waals surface area contributed by atoms with E-state index in [4.69, 9.17) is 10.2 Å². The molecular formula is C6H10O3. The predicted molar refractivity (Wildman–Crippen MR) is 33.5 cm³/mol. The van der Waals surface area contributed by atoms with Crippen LogP contribution in [0.4, 0.5) is 0 Å². The van der Waals surface area contributed by atoms with E-state index in [0.717, 1.165) is 0 Å². The van der Waals surface area contributed by atoms with Crippen molar-refractivity contribution in [3.8, 4) is 0 Å². The highest BCUT2D eigenvalue weighted by Crippen LogP contribution is 1.93. The third-order valence-electron chi connectivity index (χ3n) is 0.710. The standard InChI is InChI=1S/C6H10O3/c1-2-9-6(5-8)3-4-7/h2-3,7-8H,1,4-5H2/b6-3+. The van der Waals surface area contributed by atoms with Crippen LogP contribution in [0.25, 0.3) is 0 Å². The van der Waals surface area contributed by atoms with Gasteiger partial charge in [0.2, 0.25) is 0 Å². The summed E-state index contributed by atoms with van der Waals surface area (Å²) in [6.45, 7) is 2.92. The van der Waals surface area contributed by atoms with Crippen molar-refractivity contribution in [2.45, 2.75) is 0 Å². The molecule has 2 N–H and O–H groups in total. The van der Waals surface area contributed by atoms with Crippen LogP contribution < -0.4 is 0 Å². The molecule has 0 aromatic heterocycles. The zero-order valence-electron chi connectivity index (χ0n) is 5.08. The Bertz CT molecular complexity index is 107. The Hall–Kier alpha value is -0.800. The van der Waals surface area contributed by atoms with Gasteiger partial charge in [-0.2, -0.15) is 0 Å². The zero-order valence-corrected chi connectivity index (χ0v) is 5.08. The number of hydrogen-bond acceptors (Lipinski definition) is 3. The van der Waals surface area contributed by atoms with Gasteiger partial charge in [-0.1, -0.05) is 6.58 Å². The number of rotatable bonds is 4. The van der Waals surface area contributed by atoms with Gasteiger partial charge >= 0.3 is 0 Å². The molecule has 9 heavy (non-hydrogen) atoms. The molecule has 0 unspecified atom stereocenters. The highest BCUT2D eigenvalue weighted by Gasteiger charge is 1.89. The summed E-state index contributed by atoms with van der Waals surface area (Å²) < 4.78 is 4.65. The van der Waals surface area contributed by atoms with Gasteiger partial charge in [0.1, 0.15) is 12.4 Å². The number of hydrogen-bond donors (Lipinski definition) is 2. The summed E-state index contributed by atoms with van der Waals surface area (Å²) in [5, 5.41) is 16.7. The van der Waals surface area contributed by atoms with Crippen LogP contribution in [-0.2, 0) is 4.74 Å². The summed E-state index contributed by atoms with van der Waals surface area (Å²) in [5.74, 6) is 0.313. The molecule has 0 heterocycles. The van der Waals surface area contributed by atoms with Gasteiger partial charge in [-0.15, -0.1) is 0 Å². The molecule has 52 valence electrons. The summed E-state index contributed by atoms with van der Waals surface area (Å²) in [6.07, 6.45) is 2.55. The normalized spacial score (nSPS) is 11.1. The van der Waals surface area contributed by atoms with Crippen LogP contribution in [0.3, 0.4) is 0 Å². The molecule has 0 saturated carbocycles. The number of aliphatic hydroxyl groups excluding tert-OH is 2. The van der Waals surface area contributed by atoms with Gasteiger partial charge in [-0.05, 0) is 6.08 Å². The van der Waals surface area contributed by atoms with Crippen molar-refractivity contribution >= 4 is 0 Å². The Labute approximate surface area is 53.9 Å². The summed E-state index contributed by atoms with van der Waals surface area (Å²) >= 11 is 0. The number of aliphatic hydroxyl groups is 2. The Balaban J connectivity index is 3.65. The van der Waals surface area contributed by atoms with Gasteiger partial charge < -0.3 is 14.9 Å². The van der Waals surface area contributed by atoms with E-state index in [1.54, 1.807) is 0 Å². The largest absolute Gasteiger partial charge is 0.468 e. The predicted octanol–water partition coefficient (Wildman–Crippen LogP) is 0.0150. The molecule has 0 fully saturated rings. The van der Waals surface area contributed by atoms with Crippen molar-refractivity contribution in [1.29, 1.82) is 0 Å². The average molecular weight is 130 g/mol. The van der Waals surface area contributed by atoms with E-state index < -0.39 is 0 Å². The number of ether oxygens (including phenoxy) is 1. The van der Waals surface area contributed by atoms with Crippen molar-refractivity contribution in [1.82, 2.24) is 0 Å². The molecule has 0 aliphatic carbocycles. The lowest BCUT2D eigenvalue weighted by molar-refractivity contribution is 0.229. The van der Waals surface area contributed by atoms with Crippen LogP contribution in [0.5, 0.6) is 0 Å². The minimum Gasteiger partial charge on any atom is -0.468 e. The lowest BCUT2D eigenvalue weighted by atomic mass is 10.5. The molecule has 0 bridgehead atoms. The summed E-state index contributed by atoms with van der Waals surface area (Å²) in [5.41, 5.74) is 0. The van der Waals surface area contributed by atoms with Crippen LogP contribution in [0.1, 0.15) is 0 Å². The summed E-state index contributed by atoms with van der Waals surface area (Å²) in [7, 11) is 0. The van der Waals surface area contributed by atoms with E-state index in [1.807, 2.05) is 0 Å². The molecule has 0 aromatic rings. The molecule has 0 spiro atoms. The Morgan fingerprint density at radius 3 is 2.56 bits per heavy atom. The molecule has 0 aliphatic rings. The van der Waals surface area contributed by atoms with Crippen LogP contribution in [0.15, 0.2) is 24.7 Å². The molecule has 3 heteroatoms. The maximum atomic E-state index is 8.44. The van der Waals surface area contributed by atoms with Crippen LogP contribution in [-0.4, -0.2) is 23.4 Å². The van der Waals surface area contributed by atoms with Gasteiger partial charge in [0.15, 0.2) is 0 Å². The SMILES string of the molecule is C=CO/C(=C/CO)CO. The molecule has 3 nitrogen and oxygen atoms in total. The molecule has 0 aliphatic heterocycles. The Morgan fingerprint density at radius 2 is 2.22 bits per heavy atom. The lowest BCUT2D eigenvalue weighted by Gasteiger charge is -1.99. The minimum absolute atomic E-state index is 0.135. The van der Waals surface area contributed by atoms with Crippen molar-refractivity contribution in [2.75, 3.05) is 13.2 Å². The highest BCUT2D eigenvalue weighted by atomic mass is 16.5. The molecular weight excluding hydrogens is 120 g/mol. The van der Waals surface area contributed by atoms with Crippen molar-refractivity contribution in [2.24, 2.45) is 0 Å². The van der Waals surface area contributed by atoms with Crippen molar-refractivity contribution in [3.63, 3.8) is 0 Å². The van der Waals surface area contributed by atoms with E-state index >= 15 is 0 Å². The molecule has 0 atom stereocenters. The van der Waals surface area contributed by atoms with Crippen molar-refractivity contribution < 1.29 is 14.9 Å². The first-order chi connectivity index (χ1) is 4.35. The summed E-state index contributed by atoms with van der Waals surface area (Å²) in [6, 6.07) is 0. The van der Waals surface area contributed by atoms with Crippen LogP contribution >= 0.6 is 0 Å². The second kappa shape index (κ2) is 5.34. The second-order valence-electron chi connectivity index (χ2n) is 1.30. The maximum absolute atomic E-state index is 8.44. The fourth-order valence-corrected chi connectivity index (χ4v) is 0.359. The fraction of sp³-hybridized carbons (Fsp3) is 0.333. The van der Waals surface area contributed by atoms with E-state index in [9.17, 15) is 0 Å². The lowest BCUT2D eigenvalue weighted by Crippen LogP contribution is -1.93. The first-order valence-electron chi connectivity index (χ1n) is 2.53. The Kier molecular flexibility index (Phi) is 4.86. The molecule has 0 aromatic carbocycles. The third kappa shape index (κ3) is 3.76. The smallest absolute Gasteiger partial charge is 0.127 e. The molecule has 0 saturated heterocycles. The van der Waals surface area contributed by atoms with Gasteiger partial charge in [0, 0.05) is 0 Å². The molecule has 0 radical (unpaired) electrons. The Morgan fingerprint density at radius 1 is 1.56 bits per heavy atom. The first kappa shape index (κ1) is 8.20. The fourth-order valence-electron chi connectivity index (χ4n) is 0.359. The molecule has 0 rings (SSSR count). The topological polar surface area (TPSA) is 49.7 Å². The zero-order chi connectivity index (χ0) is 7.11. The van der Waals surface area contributed by atoms with Gasteiger partial charge in [-0.3, -0.25) is 0 Å². The third-order valence-corrected chi connectivity index (χ3v) is 0.710. The van der Waals surface area contributed by atoms with E-state index in [1.165, 1.54) is 12.3 Å². The first-order valence-corrected chi connectivity index (χ1v) is 2.53. The highest BCUT2D eigenvalue weighted by molar-refractivity contribution is 4.93. The van der Waals surface area contributed by atoms with Gasteiger partial charge in [0.05, 0.1) is 12.9 Å². The molecule has 0 amide bonds. The minimum atomic E-state index is -0.216. The summed E-state index contributed by atoms with van der Waals surface area (Å²) in [4.78, 5) is 0. The van der Waals surface area contributed by atoms with Crippen LogP contribution in [0.2, 0.25) is 0 Å². The average Bonchev–Trinajstić information content (AvgIpc) is 1.88. The monoisotopic (exact) mass is 130 g/mol. The van der Waals surface area contributed by atoms with Gasteiger partial charge in [0.25, 0.3) is 0 Å². The van der Waals surface area contributed by atoms with Crippen LogP contribution in [0, 0.1) is 0 Å². The maximum Gasteiger partial charge on any atom is 0.127 e.